The number of hydrogen-bond donors (Lipinski definition) is 1. The van der Waals surface area contributed by atoms with Crippen LogP contribution in [-0.2, 0) is 0 Å². The number of nitrogens with two attached hydrogens (primary N) is 1. The third-order valence-corrected chi connectivity index (χ3v) is 1.99. The first-order chi connectivity index (χ1) is 5.52. The van der Waals surface area contributed by atoms with Crippen LogP contribution < -0.4 is 5.73 Å². The maximum atomic E-state index is 10.8. The first-order valence-electron chi connectivity index (χ1n) is 3.46. The van der Waals surface area contributed by atoms with Crippen molar-refractivity contribution in [1.82, 2.24) is 4.98 Å². The Labute approximate surface area is 75.6 Å². The van der Waals surface area contributed by atoms with Crippen LogP contribution in [-0.4, -0.2) is 10.9 Å². The van der Waals surface area contributed by atoms with E-state index in [0.717, 1.165) is 5.56 Å². The molecule has 0 saturated heterocycles. The van der Waals surface area contributed by atoms with Gasteiger partial charge in [0, 0.05) is 0 Å². The minimum Gasteiger partial charge on any atom is -0.366 e. The third-order valence-electron chi connectivity index (χ3n) is 1.61. The highest BCUT2D eigenvalue weighted by Crippen LogP contribution is 2.15. The highest BCUT2D eigenvalue weighted by atomic mass is 35.5. The number of pyridine rings is 1. The van der Waals surface area contributed by atoms with Gasteiger partial charge in [0.2, 0.25) is 0 Å². The van der Waals surface area contributed by atoms with Crippen molar-refractivity contribution in [2.45, 2.75) is 13.8 Å². The van der Waals surface area contributed by atoms with Crippen LogP contribution in [0.25, 0.3) is 0 Å². The monoisotopic (exact) mass is 184 g/mol. The van der Waals surface area contributed by atoms with Gasteiger partial charge in [-0.3, -0.25) is 4.79 Å². The standard InChI is InChI=1S/C8H9ClN2O/c1-4-3-6(8(10)12)5(2)11-7(4)9/h3H,1-2H3,(H2,10,12). The SMILES string of the molecule is Cc1cc(C(N)=O)c(C)nc1Cl. The Morgan fingerprint density at radius 1 is 1.58 bits per heavy atom. The predicted molar refractivity (Wildman–Crippen MR) is 47.2 cm³/mol. The molecule has 0 saturated carbocycles. The van der Waals surface area contributed by atoms with Gasteiger partial charge in [0.25, 0.3) is 5.91 Å². The third kappa shape index (κ3) is 1.56. The Morgan fingerprint density at radius 3 is 2.67 bits per heavy atom. The molecule has 1 rings (SSSR count). The number of aromatic nitrogens is 1. The van der Waals surface area contributed by atoms with E-state index in [1.165, 1.54) is 0 Å². The molecule has 0 spiro atoms. The van der Waals surface area contributed by atoms with E-state index < -0.39 is 5.91 Å². The molecule has 0 bridgehead atoms. The molecule has 1 aromatic heterocycles. The van der Waals surface area contributed by atoms with E-state index in [0.29, 0.717) is 16.4 Å². The van der Waals surface area contributed by atoms with Crippen LogP contribution in [0.15, 0.2) is 6.07 Å². The molecule has 0 aliphatic heterocycles. The molecule has 0 fully saturated rings. The molecule has 0 atom stereocenters. The second-order valence-electron chi connectivity index (χ2n) is 2.59. The lowest BCUT2D eigenvalue weighted by molar-refractivity contribution is 0.0999. The van der Waals surface area contributed by atoms with Crippen LogP contribution in [0.3, 0.4) is 0 Å². The summed E-state index contributed by atoms with van der Waals surface area (Å²) in [6, 6.07) is 1.65. The van der Waals surface area contributed by atoms with Crippen LogP contribution in [0.5, 0.6) is 0 Å². The molecule has 1 aromatic rings. The van der Waals surface area contributed by atoms with Gasteiger partial charge in [0.1, 0.15) is 5.15 Å². The van der Waals surface area contributed by atoms with Gasteiger partial charge in [-0.05, 0) is 25.5 Å². The van der Waals surface area contributed by atoms with Crippen molar-refractivity contribution in [2.75, 3.05) is 0 Å². The van der Waals surface area contributed by atoms with Crippen molar-refractivity contribution in [3.63, 3.8) is 0 Å². The first kappa shape index (κ1) is 9.00. The summed E-state index contributed by atoms with van der Waals surface area (Å²) < 4.78 is 0. The second-order valence-corrected chi connectivity index (χ2v) is 2.95. The van der Waals surface area contributed by atoms with Crippen LogP contribution in [0.1, 0.15) is 21.6 Å². The van der Waals surface area contributed by atoms with Crippen molar-refractivity contribution in [2.24, 2.45) is 5.73 Å². The summed E-state index contributed by atoms with van der Waals surface area (Å²) >= 11 is 5.73. The zero-order valence-corrected chi connectivity index (χ0v) is 7.64. The molecule has 0 unspecified atom stereocenters. The summed E-state index contributed by atoms with van der Waals surface area (Å²) in [5, 5.41) is 0.414. The zero-order valence-electron chi connectivity index (χ0n) is 6.89. The van der Waals surface area contributed by atoms with Crippen molar-refractivity contribution in [3.05, 3.63) is 28.0 Å². The minimum absolute atomic E-state index is 0.414. The molecule has 1 heterocycles. The van der Waals surface area contributed by atoms with Gasteiger partial charge in [0.05, 0.1) is 11.3 Å². The Kier molecular flexibility index (Phi) is 2.33. The normalized spacial score (nSPS) is 9.92. The van der Waals surface area contributed by atoms with Crippen molar-refractivity contribution >= 4 is 17.5 Å². The molecule has 3 nitrogen and oxygen atoms in total. The number of amides is 1. The number of aryl methyl sites for hydroxylation is 2. The number of carbonyl (C=O) groups is 1. The fourth-order valence-electron chi connectivity index (χ4n) is 0.926. The quantitative estimate of drug-likeness (QED) is 0.672. The van der Waals surface area contributed by atoms with Gasteiger partial charge >= 0.3 is 0 Å². The smallest absolute Gasteiger partial charge is 0.250 e. The molecule has 0 aliphatic rings. The van der Waals surface area contributed by atoms with Gasteiger partial charge in [-0.1, -0.05) is 11.6 Å². The van der Waals surface area contributed by atoms with Crippen molar-refractivity contribution in [3.8, 4) is 0 Å². The van der Waals surface area contributed by atoms with E-state index in [1.807, 2.05) is 0 Å². The van der Waals surface area contributed by atoms with Crippen LogP contribution >= 0.6 is 11.6 Å². The molecule has 0 aliphatic carbocycles. The van der Waals surface area contributed by atoms with E-state index >= 15 is 0 Å². The average molecular weight is 185 g/mol. The Hall–Kier alpha value is -1.09. The Bertz CT molecular complexity index is 336. The summed E-state index contributed by atoms with van der Waals surface area (Å²) in [5.74, 6) is -0.472. The predicted octanol–water partition coefficient (Wildman–Crippen LogP) is 1.45. The molecule has 64 valence electrons. The van der Waals surface area contributed by atoms with Crippen molar-refractivity contribution in [1.29, 1.82) is 0 Å². The maximum absolute atomic E-state index is 10.8. The summed E-state index contributed by atoms with van der Waals surface area (Å²) in [6.45, 7) is 3.48. The average Bonchev–Trinajstić information content (AvgIpc) is 1.96. The van der Waals surface area contributed by atoms with E-state index in [4.69, 9.17) is 17.3 Å². The van der Waals surface area contributed by atoms with Crippen LogP contribution in [0.4, 0.5) is 0 Å². The van der Waals surface area contributed by atoms with E-state index in [2.05, 4.69) is 4.98 Å². The first-order valence-corrected chi connectivity index (χ1v) is 3.83. The lowest BCUT2D eigenvalue weighted by Gasteiger charge is -2.03. The van der Waals surface area contributed by atoms with Crippen LogP contribution in [0.2, 0.25) is 5.15 Å². The molecular weight excluding hydrogens is 176 g/mol. The molecule has 0 radical (unpaired) electrons. The fourth-order valence-corrected chi connectivity index (χ4v) is 1.11. The van der Waals surface area contributed by atoms with Gasteiger partial charge in [-0.15, -0.1) is 0 Å². The van der Waals surface area contributed by atoms with Gasteiger partial charge in [-0.2, -0.15) is 0 Å². The van der Waals surface area contributed by atoms with Crippen LogP contribution in [0, 0.1) is 13.8 Å². The molecule has 12 heavy (non-hydrogen) atoms. The topological polar surface area (TPSA) is 56.0 Å². The summed E-state index contributed by atoms with van der Waals surface area (Å²) in [5.41, 5.74) is 6.87. The lowest BCUT2D eigenvalue weighted by Crippen LogP contribution is -2.13. The number of carbonyl (C=O) groups excluding carboxylic acids is 1. The highest BCUT2D eigenvalue weighted by molar-refractivity contribution is 6.30. The summed E-state index contributed by atoms with van der Waals surface area (Å²) in [4.78, 5) is 14.8. The molecule has 1 amide bonds. The summed E-state index contributed by atoms with van der Waals surface area (Å²) in [6.07, 6.45) is 0. The van der Waals surface area contributed by atoms with Gasteiger partial charge in [-0.25, -0.2) is 4.98 Å². The molecule has 2 N–H and O–H groups in total. The number of halogens is 1. The number of hydrogen-bond acceptors (Lipinski definition) is 2. The fraction of sp³-hybridized carbons (Fsp3) is 0.250. The number of primary amides is 1. The lowest BCUT2D eigenvalue weighted by atomic mass is 10.1. The molecule has 4 heteroatoms. The molecular formula is C8H9ClN2O. The van der Waals surface area contributed by atoms with Crippen molar-refractivity contribution < 1.29 is 4.79 Å². The van der Waals surface area contributed by atoms with Gasteiger partial charge < -0.3 is 5.73 Å². The zero-order chi connectivity index (χ0) is 9.30. The Morgan fingerprint density at radius 2 is 2.17 bits per heavy atom. The largest absolute Gasteiger partial charge is 0.366 e. The van der Waals surface area contributed by atoms with E-state index in [9.17, 15) is 4.79 Å². The molecule has 0 aromatic carbocycles. The number of nitrogens with zero attached hydrogens (tertiary/aromatic N) is 1. The highest BCUT2D eigenvalue weighted by Gasteiger charge is 2.08. The number of rotatable bonds is 1. The van der Waals surface area contributed by atoms with E-state index in [1.54, 1.807) is 19.9 Å². The summed E-state index contributed by atoms with van der Waals surface area (Å²) in [7, 11) is 0. The van der Waals surface area contributed by atoms with Gasteiger partial charge in [0.15, 0.2) is 0 Å². The maximum Gasteiger partial charge on any atom is 0.250 e. The Balaban J connectivity index is 3.33. The van der Waals surface area contributed by atoms with E-state index in [-0.39, 0.29) is 0 Å². The minimum atomic E-state index is -0.472. The second kappa shape index (κ2) is 3.11.